The van der Waals surface area contributed by atoms with Gasteiger partial charge in [-0.1, -0.05) is 63.2 Å². The second-order valence-corrected chi connectivity index (χ2v) is 10.5. The molecule has 0 radical (unpaired) electrons. The van der Waals surface area contributed by atoms with Crippen LogP contribution in [-0.4, -0.2) is 27.5 Å². The minimum absolute atomic E-state index is 0.0902. The van der Waals surface area contributed by atoms with Gasteiger partial charge < -0.3 is 10.1 Å². The first-order valence-electron chi connectivity index (χ1n) is 11.4. The lowest BCUT2D eigenvalue weighted by Crippen LogP contribution is -2.26. The van der Waals surface area contributed by atoms with Crippen LogP contribution in [-0.2, 0) is 26.7 Å². The summed E-state index contributed by atoms with van der Waals surface area (Å²) in [5, 5.41) is 2.72. The molecule has 0 heterocycles. The van der Waals surface area contributed by atoms with Crippen LogP contribution in [0.5, 0.6) is 5.75 Å². The van der Waals surface area contributed by atoms with Gasteiger partial charge in [-0.25, -0.2) is 13.1 Å². The summed E-state index contributed by atoms with van der Waals surface area (Å²) in [6.45, 7) is 6.69. The summed E-state index contributed by atoms with van der Waals surface area (Å²) in [6.07, 6.45) is 1.63. The fourth-order valence-electron chi connectivity index (χ4n) is 3.33. The monoisotopic (exact) mass is 480 g/mol. The van der Waals surface area contributed by atoms with E-state index in [9.17, 15) is 13.2 Å². The van der Waals surface area contributed by atoms with Crippen molar-refractivity contribution < 1.29 is 17.9 Å². The number of sulfonamides is 1. The SMILES string of the molecule is CCC(C)(C)c1ccc(OCC(=O)Nc2ccc(S(=O)(=O)NCCc3ccccc3)cc2)cc1. The van der Waals surface area contributed by atoms with Crippen LogP contribution < -0.4 is 14.8 Å². The van der Waals surface area contributed by atoms with Crippen LogP contribution in [0.25, 0.3) is 0 Å². The molecule has 0 aliphatic rings. The smallest absolute Gasteiger partial charge is 0.262 e. The van der Waals surface area contributed by atoms with E-state index in [2.05, 4.69) is 30.8 Å². The van der Waals surface area contributed by atoms with E-state index in [1.54, 1.807) is 12.1 Å². The van der Waals surface area contributed by atoms with Crippen molar-refractivity contribution in [3.63, 3.8) is 0 Å². The van der Waals surface area contributed by atoms with Crippen molar-refractivity contribution in [1.82, 2.24) is 4.72 Å². The van der Waals surface area contributed by atoms with Crippen LogP contribution >= 0.6 is 0 Å². The highest BCUT2D eigenvalue weighted by Gasteiger charge is 2.18. The van der Waals surface area contributed by atoms with Crippen LogP contribution in [0.2, 0.25) is 0 Å². The lowest BCUT2D eigenvalue weighted by Gasteiger charge is -2.23. The number of rotatable bonds is 11. The molecule has 0 aromatic heterocycles. The second-order valence-electron chi connectivity index (χ2n) is 8.76. The maximum Gasteiger partial charge on any atom is 0.262 e. The first-order chi connectivity index (χ1) is 16.2. The van der Waals surface area contributed by atoms with E-state index in [1.165, 1.54) is 17.7 Å². The van der Waals surface area contributed by atoms with Crippen molar-refractivity contribution in [3.8, 4) is 5.75 Å². The zero-order chi connectivity index (χ0) is 24.6. The summed E-state index contributed by atoms with van der Waals surface area (Å²) in [5.41, 5.74) is 2.87. The largest absolute Gasteiger partial charge is 0.484 e. The summed E-state index contributed by atoms with van der Waals surface area (Å²) >= 11 is 0. The third-order valence-electron chi connectivity index (χ3n) is 5.89. The third-order valence-corrected chi connectivity index (χ3v) is 7.36. The van der Waals surface area contributed by atoms with Gasteiger partial charge in [0.2, 0.25) is 10.0 Å². The van der Waals surface area contributed by atoms with Crippen molar-refractivity contribution in [3.05, 3.63) is 90.0 Å². The number of amides is 1. The van der Waals surface area contributed by atoms with Gasteiger partial charge in [0.1, 0.15) is 5.75 Å². The number of anilines is 1. The Balaban J connectivity index is 1.48. The fraction of sp³-hybridized carbons (Fsp3) is 0.296. The van der Waals surface area contributed by atoms with Crippen molar-refractivity contribution in [1.29, 1.82) is 0 Å². The average molecular weight is 481 g/mol. The van der Waals surface area contributed by atoms with Crippen molar-refractivity contribution in [2.45, 2.75) is 43.9 Å². The van der Waals surface area contributed by atoms with Gasteiger partial charge in [-0.05, 0) is 65.8 Å². The highest BCUT2D eigenvalue weighted by Crippen LogP contribution is 2.28. The topological polar surface area (TPSA) is 84.5 Å². The number of benzene rings is 3. The van der Waals surface area contributed by atoms with Crippen molar-refractivity contribution in [2.75, 3.05) is 18.5 Å². The molecule has 3 aromatic rings. The Morgan fingerprint density at radius 3 is 2.18 bits per heavy atom. The number of hydrogen-bond acceptors (Lipinski definition) is 4. The van der Waals surface area contributed by atoms with Crippen molar-refractivity contribution in [2.24, 2.45) is 0 Å². The van der Waals surface area contributed by atoms with E-state index in [0.717, 1.165) is 12.0 Å². The second kappa shape index (κ2) is 11.3. The van der Waals surface area contributed by atoms with E-state index in [4.69, 9.17) is 4.74 Å². The molecule has 0 bridgehead atoms. The molecule has 0 saturated heterocycles. The van der Waals surface area contributed by atoms with E-state index < -0.39 is 10.0 Å². The zero-order valence-corrected chi connectivity index (χ0v) is 20.7. The molecule has 2 N–H and O–H groups in total. The van der Waals surface area contributed by atoms with Crippen LogP contribution in [0.1, 0.15) is 38.3 Å². The van der Waals surface area contributed by atoms with Gasteiger partial charge in [0, 0.05) is 12.2 Å². The summed E-state index contributed by atoms with van der Waals surface area (Å²) in [7, 11) is -3.63. The highest BCUT2D eigenvalue weighted by atomic mass is 32.2. The Bertz CT molecular complexity index is 1170. The quantitative estimate of drug-likeness (QED) is 0.408. The van der Waals surface area contributed by atoms with Gasteiger partial charge in [-0.3, -0.25) is 4.79 Å². The molecule has 0 unspecified atom stereocenters. The number of carbonyl (C=O) groups excluding carboxylic acids is 1. The van der Waals surface area contributed by atoms with Gasteiger partial charge in [0.25, 0.3) is 5.91 Å². The number of nitrogens with one attached hydrogen (secondary N) is 2. The summed E-state index contributed by atoms with van der Waals surface area (Å²) < 4.78 is 33.2. The van der Waals surface area contributed by atoms with Crippen molar-refractivity contribution >= 4 is 21.6 Å². The molecule has 3 rings (SSSR count). The van der Waals surface area contributed by atoms with Gasteiger partial charge in [-0.15, -0.1) is 0 Å². The summed E-state index contributed by atoms with van der Waals surface area (Å²) in [6, 6.07) is 23.5. The minimum Gasteiger partial charge on any atom is -0.484 e. The number of ether oxygens (including phenoxy) is 1. The molecule has 7 heteroatoms. The molecule has 180 valence electrons. The number of hydrogen-bond donors (Lipinski definition) is 2. The van der Waals surface area contributed by atoms with Gasteiger partial charge in [0.15, 0.2) is 6.61 Å². The first kappa shape index (κ1) is 25.5. The molecule has 34 heavy (non-hydrogen) atoms. The maximum atomic E-state index is 12.5. The van der Waals surface area contributed by atoms with E-state index in [0.29, 0.717) is 24.4 Å². The van der Waals surface area contributed by atoms with Gasteiger partial charge in [-0.2, -0.15) is 0 Å². The lowest BCUT2D eigenvalue weighted by molar-refractivity contribution is -0.118. The predicted molar refractivity (Wildman–Crippen MR) is 136 cm³/mol. The molecule has 0 atom stereocenters. The van der Waals surface area contributed by atoms with E-state index >= 15 is 0 Å². The summed E-state index contributed by atoms with van der Waals surface area (Å²) in [5.74, 6) is 0.295. The predicted octanol–water partition coefficient (Wildman–Crippen LogP) is 4.91. The van der Waals surface area contributed by atoms with Gasteiger partial charge in [0.05, 0.1) is 4.90 Å². The standard InChI is InChI=1S/C27H32N2O4S/c1-4-27(2,3)22-10-14-24(15-11-22)33-20-26(30)29-23-12-16-25(17-13-23)34(31,32)28-19-18-21-8-6-5-7-9-21/h5-17,28H,4,18-20H2,1-3H3,(H,29,30). The molecule has 1 amide bonds. The Labute approximate surface area is 202 Å². The minimum atomic E-state index is -3.63. The maximum absolute atomic E-state index is 12.5. The van der Waals surface area contributed by atoms with Crippen LogP contribution in [0.15, 0.2) is 83.8 Å². The summed E-state index contributed by atoms with van der Waals surface area (Å²) in [4.78, 5) is 12.4. The molecule has 0 fully saturated rings. The average Bonchev–Trinajstić information content (AvgIpc) is 2.84. The highest BCUT2D eigenvalue weighted by molar-refractivity contribution is 7.89. The molecular weight excluding hydrogens is 448 g/mol. The Morgan fingerprint density at radius 1 is 0.912 bits per heavy atom. The molecule has 6 nitrogen and oxygen atoms in total. The Hall–Kier alpha value is -3.16. The first-order valence-corrected chi connectivity index (χ1v) is 12.8. The fourth-order valence-corrected chi connectivity index (χ4v) is 4.36. The Morgan fingerprint density at radius 2 is 1.56 bits per heavy atom. The molecule has 0 saturated carbocycles. The van der Waals surface area contributed by atoms with E-state index in [1.807, 2.05) is 54.6 Å². The molecule has 0 aliphatic carbocycles. The lowest BCUT2D eigenvalue weighted by atomic mass is 9.82. The Kier molecular flexibility index (Phi) is 8.47. The molecule has 0 aliphatic heterocycles. The van der Waals surface area contributed by atoms with Crippen LogP contribution in [0.4, 0.5) is 5.69 Å². The molecular formula is C27H32N2O4S. The van der Waals surface area contributed by atoms with Crippen LogP contribution in [0, 0.1) is 0 Å². The molecule has 3 aromatic carbocycles. The third kappa shape index (κ3) is 7.17. The molecule has 0 spiro atoms. The normalized spacial score (nSPS) is 11.7. The van der Waals surface area contributed by atoms with Crippen LogP contribution in [0.3, 0.4) is 0 Å². The zero-order valence-electron chi connectivity index (χ0n) is 19.9. The van der Waals surface area contributed by atoms with Gasteiger partial charge >= 0.3 is 0 Å². The van der Waals surface area contributed by atoms with E-state index in [-0.39, 0.29) is 22.8 Å². The number of carbonyl (C=O) groups is 1.